The first-order valence-electron chi connectivity index (χ1n) is 16.7. The maximum atomic E-state index is 14.5. The van der Waals surface area contributed by atoms with Gasteiger partial charge in [0.05, 0.1) is 16.8 Å². The summed E-state index contributed by atoms with van der Waals surface area (Å²) in [5.41, 5.74) is 4.26. The Labute approximate surface area is 303 Å². The van der Waals surface area contributed by atoms with Crippen molar-refractivity contribution in [1.29, 1.82) is 0 Å². The number of nitro groups is 1. The molecule has 3 amide bonds. The molecule has 0 unspecified atom stereocenters. The topological polar surface area (TPSA) is 161 Å². The van der Waals surface area contributed by atoms with E-state index < -0.39 is 68.8 Å². The van der Waals surface area contributed by atoms with Crippen molar-refractivity contribution < 1.29 is 36.7 Å². The van der Waals surface area contributed by atoms with Crippen molar-refractivity contribution in [3.63, 3.8) is 0 Å². The van der Waals surface area contributed by atoms with Crippen molar-refractivity contribution in [2.45, 2.75) is 23.7 Å². The summed E-state index contributed by atoms with van der Waals surface area (Å²) < 4.78 is 30.9. The minimum atomic E-state index is -4.17. The molecule has 264 valence electrons. The summed E-state index contributed by atoms with van der Waals surface area (Å²) in [4.78, 5) is 67.8. The Balaban J connectivity index is 1.13. The molecular weight excluding hydrogens is 699 g/mol. The van der Waals surface area contributed by atoms with Gasteiger partial charge in [-0.05, 0) is 77.7 Å². The fourth-order valence-electron chi connectivity index (χ4n) is 7.81. The van der Waals surface area contributed by atoms with Crippen LogP contribution in [0.15, 0.2) is 126 Å². The average molecular weight is 728 g/mol. The van der Waals surface area contributed by atoms with Crippen molar-refractivity contribution >= 4 is 39.3 Å². The summed E-state index contributed by atoms with van der Waals surface area (Å²) in [6.45, 7) is 1.07. The fourth-order valence-corrected chi connectivity index (χ4v) is 8.74. The minimum Gasteiger partial charge on any atom is -0.379 e. The zero-order valence-corrected chi connectivity index (χ0v) is 28.8. The number of hydrazine groups is 1. The van der Waals surface area contributed by atoms with Crippen LogP contribution in [0.1, 0.15) is 60.4 Å². The lowest BCUT2D eigenvalue weighted by Crippen LogP contribution is -2.52. The molecule has 0 N–H and O–H groups in total. The standard InChI is InChI=1S/C40H29N3O9S/c1-23-10-20-28(21-11-23)53(50,51)52-27-18-14-24(15-19-27)33(44)22-41(38(45)25-12-16-26(17-13-25)43(48)49)42-39(46)36-34-29-6-2-3-7-30(29)35(37(36)40(42)47)32-9-5-4-8-31(32)34/h2-21,34-37H,22H2,1H3/t34?,35?,36-,37+. The van der Waals surface area contributed by atoms with Gasteiger partial charge in [0.25, 0.3) is 23.4 Å². The number of nitrogens with zero attached hydrogens (tertiary/aromatic N) is 3. The van der Waals surface area contributed by atoms with Crippen LogP contribution in [0, 0.1) is 28.9 Å². The molecule has 4 aliphatic rings. The predicted octanol–water partition coefficient (Wildman–Crippen LogP) is 5.80. The number of carbonyl (C=O) groups is 4. The fraction of sp³-hybridized carbons (Fsp3) is 0.150. The van der Waals surface area contributed by atoms with Gasteiger partial charge in [-0.2, -0.15) is 13.4 Å². The van der Waals surface area contributed by atoms with Crippen LogP contribution in [-0.2, 0) is 19.7 Å². The molecule has 5 aromatic carbocycles. The highest BCUT2D eigenvalue weighted by Gasteiger charge is 2.63. The first kappa shape index (κ1) is 33.7. The number of amides is 3. The van der Waals surface area contributed by atoms with Crippen LogP contribution in [0.25, 0.3) is 0 Å². The number of hydrogen-bond donors (Lipinski definition) is 0. The molecule has 0 saturated carbocycles. The van der Waals surface area contributed by atoms with Crippen LogP contribution in [0.5, 0.6) is 5.75 Å². The van der Waals surface area contributed by atoms with Crippen LogP contribution < -0.4 is 4.18 Å². The third-order valence-electron chi connectivity index (χ3n) is 10.2. The molecule has 0 aromatic heterocycles. The van der Waals surface area contributed by atoms with Crippen LogP contribution in [0.4, 0.5) is 5.69 Å². The quantitative estimate of drug-likeness (QED) is 0.0601. The normalized spacial score (nSPS) is 19.6. The van der Waals surface area contributed by atoms with E-state index in [0.29, 0.717) is 0 Å². The Hall–Kier alpha value is -6.47. The van der Waals surface area contributed by atoms with Gasteiger partial charge in [-0.15, -0.1) is 0 Å². The van der Waals surface area contributed by atoms with E-state index in [9.17, 15) is 37.7 Å². The van der Waals surface area contributed by atoms with Gasteiger partial charge in [-0.1, -0.05) is 66.2 Å². The number of Topliss-reactive ketones (excluding diaryl/α,β-unsaturated/α-hetero) is 1. The van der Waals surface area contributed by atoms with Gasteiger partial charge in [0.15, 0.2) is 5.78 Å². The lowest BCUT2D eigenvalue weighted by atomic mass is 9.55. The summed E-state index contributed by atoms with van der Waals surface area (Å²) in [6, 6.07) is 31.3. The van der Waals surface area contributed by atoms with E-state index in [0.717, 1.165) is 50.0 Å². The van der Waals surface area contributed by atoms with E-state index in [1.807, 2.05) is 55.5 Å². The van der Waals surface area contributed by atoms with Crippen LogP contribution >= 0.6 is 0 Å². The van der Waals surface area contributed by atoms with Crippen molar-refractivity contribution in [2.75, 3.05) is 6.54 Å². The molecule has 2 atom stereocenters. The highest BCUT2D eigenvalue weighted by atomic mass is 32.2. The smallest absolute Gasteiger partial charge is 0.339 e. The van der Waals surface area contributed by atoms with E-state index in [2.05, 4.69) is 0 Å². The third-order valence-corrected chi connectivity index (χ3v) is 11.5. The van der Waals surface area contributed by atoms with E-state index in [1.54, 1.807) is 12.1 Å². The van der Waals surface area contributed by atoms with Gasteiger partial charge >= 0.3 is 10.1 Å². The molecule has 5 aromatic rings. The zero-order chi connectivity index (χ0) is 37.2. The Morgan fingerprint density at radius 2 is 1.19 bits per heavy atom. The van der Waals surface area contributed by atoms with Gasteiger partial charge in [0, 0.05) is 35.1 Å². The van der Waals surface area contributed by atoms with E-state index in [-0.39, 0.29) is 27.5 Å². The SMILES string of the molecule is Cc1ccc(S(=O)(=O)Oc2ccc(C(=O)CN(C(=O)c3ccc([N+](=O)[O-])cc3)N3C(=O)[C@@H]4C5c6ccccc6C(c6ccccc65)[C@@H]4C3=O)cc2)cc1. The second-order valence-corrected chi connectivity index (χ2v) is 14.8. The minimum absolute atomic E-state index is 0.0444. The molecule has 9 rings (SSSR count). The van der Waals surface area contributed by atoms with Crippen molar-refractivity contribution in [3.05, 3.63) is 170 Å². The summed E-state index contributed by atoms with van der Waals surface area (Å²) >= 11 is 0. The van der Waals surface area contributed by atoms with Gasteiger partial charge in [0.2, 0.25) is 0 Å². The van der Waals surface area contributed by atoms with Crippen molar-refractivity contribution in [3.8, 4) is 5.75 Å². The largest absolute Gasteiger partial charge is 0.379 e. The summed E-state index contributed by atoms with van der Waals surface area (Å²) in [5.74, 6) is -5.50. The molecule has 12 nitrogen and oxygen atoms in total. The third kappa shape index (κ3) is 5.56. The molecule has 2 bridgehead atoms. The molecular formula is C40H29N3O9S. The van der Waals surface area contributed by atoms with E-state index in [1.165, 1.54) is 48.5 Å². The van der Waals surface area contributed by atoms with Gasteiger partial charge in [-0.3, -0.25) is 29.3 Å². The number of non-ortho nitro benzene ring substituents is 1. The van der Waals surface area contributed by atoms with Gasteiger partial charge in [0.1, 0.15) is 17.2 Å². The highest BCUT2D eigenvalue weighted by Crippen LogP contribution is 2.61. The molecule has 1 aliphatic heterocycles. The number of imide groups is 1. The molecule has 53 heavy (non-hydrogen) atoms. The monoisotopic (exact) mass is 727 g/mol. The molecule has 1 heterocycles. The van der Waals surface area contributed by atoms with Gasteiger partial charge < -0.3 is 4.18 Å². The lowest BCUT2D eigenvalue weighted by molar-refractivity contribution is -0.384. The molecule has 1 fully saturated rings. The Bertz CT molecular complexity index is 2350. The molecule has 13 heteroatoms. The molecule has 0 radical (unpaired) electrons. The van der Waals surface area contributed by atoms with Crippen LogP contribution in [0.3, 0.4) is 0 Å². The number of carbonyl (C=O) groups excluding carboxylic acids is 4. The lowest BCUT2D eigenvalue weighted by Gasteiger charge is -2.45. The second kappa shape index (κ2) is 12.6. The van der Waals surface area contributed by atoms with Crippen molar-refractivity contribution in [1.82, 2.24) is 10.0 Å². The molecule has 1 saturated heterocycles. The maximum Gasteiger partial charge on any atom is 0.339 e. The van der Waals surface area contributed by atoms with Crippen LogP contribution in [-0.4, -0.2) is 53.4 Å². The first-order chi connectivity index (χ1) is 25.4. The van der Waals surface area contributed by atoms with E-state index >= 15 is 0 Å². The number of hydrogen-bond acceptors (Lipinski definition) is 9. The Morgan fingerprint density at radius 3 is 1.66 bits per heavy atom. The number of aryl methyl sites for hydroxylation is 1. The number of nitro benzene ring substituents is 1. The predicted molar refractivity (Wildman–Crippen MR) is 189 cm³/mol. The molecule has 3 aliphatic carbocycles. The van der Waals surface area contributed by atoms with E-state index in [4.69, 9.17) is 4.18 Å². The number of ketones is 1. The number of benzene rings is 5. The van der Waals surface area contributed by atoms with Crippen molar-refractivity contribution in [2.24, 2.45) is 11.8 Å². The number of rotatable bonds is 9. The zero-order valence-electron chi connectivity index (χ0n) is 28.0. The summed E-state index contributed by atoms with van der Waals surface area (Å²) in [5, 5.41) is 12.9. The molecule has 0 spiro atoms. The van der Waals surface area contributed by atoms with Crippen LogP contribution in [0.2, 0.25) is 0 Å². The second-order valence-electron chi connectivity index (χ2n) is 13.2. The first-order valence-corrected chi connectivity index (χ1v) is 18.1. The van der Waals surface area contributed by atoms with Gasteiger partial charge in [-0.25, -0.2) is 5.01 Å². The summed E-state index contributed by atoms with van der Waals surface area (Å²) in [7, 11) is -4.17. The maximum absolute atomic E-state index is 14.5. The highest BCUT2D eigenvalue weighted by molar-refractivity contribution is 7.87. The Kier molecular flexibility index (Phi) is 8.02. The average Bonchev–Trinajstić information content (AvgIpc) is 3.43. The summed E-state index contributed by atoms with van der Waals surface area (Å²) in [6.07, 6.45) is 0. The Morgan fingerprint density at radius 1 is 0.717 bits per heavy atom.